The van der Waals surface area contributed by atoms with Crippen molar-refractivity contribution in [2.24, 2.45) is 46.3 Å². The Balaban J connectivity index is 0.976. The molecule has 0 aromatic rings. The Bertz CT molecular complexity index is 1380. The Morgan fingerprint density at radius 3 is 1.81 bits per heavy atom. The molecular formula is C50H80N2O5. The maximum atomic E-state index is 12.7. The number of fused-ring (bicyclic) bond motifs is 5. The zero-order chi connectivity index (χ0) is 40.9. The molecule has 0 bridgehead atoms. The van der Waals surface area contributed by atoms with Crippen LogP contribution in [-0.4, -0.2) is 60.5 Å². The summed E-state index contributed by atoms with van der Waals surface area (Å²) < 4.78 is 5.66. The molecule has 4 saturated carbocycles. The molecule has 4 aliphatic carbocycles. The molecule has 320 valence electrons. The number of allylic oxidation sites excluding steroid dienone is 12. The molecule has 7 heteroatoms. The van der Waals surface area contributed by atoms with Gasteiger partial charge in [-0.15, -0.1) is 0 Å². The van der Waals surface area contributed by atoms with Crippen LogP contribution in [0.4, 0.5) is 0 Å². The third kappa shape index (κ3) is 14.5. The first kappa shape index (κ1) is 46.9. The van der Waals surface area contributed by atoms with Gasteiger partial charge in [-0.3, -0.25) is 9.59 Å². The number of carbonyl (C=O) groups excluding carboxylic acids is 2. The number of nitrogens with one attached hydrogen (secondary N) is 2. The third-order valence-electron chi connectivity index (χ3n) is 14.5. The number of aliphatic hydroxyl groups excluding tert-OH is 2. The lowest BCUT2D eigenvalue weighted by Crippen LogP contribution is -2.58. The first-order valence-electron chi connectivity index (χ1n) is 23.0. The molecule has 4 rings (SSSR count). The van der Waals surface area contributed by atoms with Gasteiger partial charge in [-0.1, -0.05) is 101 Å². The molecule has 4 aliphatic rings. The van der Waals surface area contributed by atoms with Crippen molar-refractivity contribution in [2.75, 3.05) is 26.3 Å². The van der Waals surface area contributed by atoms with Crippen LogP contribution in [-0.2, 0) is 14.3 Å². The Morgan fingerprint density at radius 1 is 0.684 bits per heavy atom. The van der Waals surface area contributed by atoms with E-state index in [1.807, 2.05) is 0 Å². The number of carbonyl (C=O) groups is 2. The van der Waals surface area contributed by atoms with E-state index in [1.54, 1.807) is 0 Å². The van der Waals surface area contributed by atoms with Crippen molar-refractivity contribution >= 4 is 11.8 Å². The highest BCUT2D eigenvalue weighted by Gasteiger charge is 2.62. The second-order valence-corrected chi connectivity index (χ2v) is 18.2. The quantitative estimate of drug-likeness (QED) is 0.0576. The average Bonchev–Trinajstić information content (AvgIpc) is 3.55. The monoisotopic (exact) mass is 789 g/mol. The largest absolute Gasteiger partial charge is 0.393 e. The number of aliphatic hydroxyl groups is 2. The Morgan fingerprint density at radius 2 is 1.21 bits per heavy atom. The minimum atomic E-state index is -0.250. The number of amides is 2. The summed E-state index contributed by atoms with van der Waals surface area (Å²) >= 11 is 0. The van der Waals surface area contributed by atoms with Gasteiger partial charge >= 0.3 is 0 Å². The summed E-state index contributed by atoms with van der Waals surface area (Å²) in [5.41, 5.74) is 0.479. The Hall–Kier alpha value is -2.74. The molecule has 0 aliphatic heterocycles. The predicted octanol–water partition coefficient (Wildman–Crippen LogP) is 10.1. The summed E-state index contributed by atoms with van der Waals surface area (Å²) in [5.74, 6) is 3.11. The van der Waals surface area contributed by atoms with E-state index in [0.717, 1.165) is 77.0 Å². The lowest BCUT2D eigenvalue weighted by molar-refractivity contribution is -0.174. The Labute approximate surface area is 347 Å². The van der Waals surface area contributed by atoms with Crippen molar-refractivity contribution in [3.63, 3.8) is 0 Å². The van der Waals surface area contributed by atoms with Crippen LogP contribution in [0.2, 0.25) is 0 Å². The van der Waals surface area contributed by atoms with Gasteiger partial charge in [-0.05, 0) is 149 Å². The van der Waals surface area contributed by atoms with E-state index < -0.39 is 0 Å². The van der Waals surface area contributed by atoms with Gasteiger partial charge in [0.15, 0.2) is 0 Å². The third-order valence-corrected chi connectivity index (χ3v) is 14.5. The number of hydrogen-bond donors (Lipinski definition) is 4. The van der Waals surface area contributed by atoms with Crippen LogP contribution < -0.4 is 10.6 Å². The van der Waals surface area contributed by atoms with E-state index in [0.29, 0.717) is 74.7 Å². The number of rotatable bonds is 24. The summed E-state index contributed by atoms with van der Waals surface area (Å²) in [6.45, 7) is 11.3. The van der Waals surface area contributed by atoms with Crippen molar-refractivity contribution in [3.8, 4) is 0 Å². The van der Waals surface area contributed by atoms with E-state index in [4.69, 9.17) is 4.74 Å². The normalized spacial score (nSPS) is 32.1. The molecule has 2 amide bonds. The van der Waals surface area contributed by atoms with E-state index in [9.17, 15) is 19.8 Å². The van der Waals surface area contributed by atoms with Gasteiger partial charge in [0.05, 0.1) is 25.4 Å². The zero-order valence-electron chi connectivity index (χ0n) is 36.2. The maximum Gasteiger partial charge on any atom is 0.220 e. The Kier molecular flexibility index (Phi) is 20.6. The van der Waals surface area contributed by atoms with Gasteiger partial charge in [0, 0.05) is 25.9 Å². The van der Waals surface area contributed by atoms with E-state index in [-0.39, 0.29) is 34.9 Å². The minimum absolute atomic E-state index is 0.0267. The SMILES string of the molecule is CC/C=C\C/C=C\C/C=C\C/C=C\C/C=C\C/C=C\CCC(=O)NCCOCCNC(=O)CC[C@@H](C)C1CC[C@H]2[C@@H]3[C@H](O)C[C@@H]4C[C@H](O)CC[C@]4(C)[C@H]3CC[C@]12C. The lowest BCUT2D eigenvalue weighted by atomic mass is 9.43. The highest BCUT2D eigenvalue weighted by atomic mass is 16.5. The molecule has 4 N–H and O–H groups in total. The van der Waals surface area contributed by atoms with Crippen molar-refractivity contribution in [1.82, 2.24) is 10.6 Å². The van der Waals surface area contributed by atoms with Crippen molar-refractivity contribution in [2.45, 2.75) is 155 Å². The zero-order valence-corrected chi connectivity index (χ0v) is 36.2. The first-order chi connectivity index (χ1) is 27.6. The number of hydrogen-bond acceptors (Lipinski definition) is 5. The van der Waals surface area contributed by atoms with E-state index >= 15 is 0 Å². The van der Waals surface area contributed by atoms with Gasteiger partial charge < -0.3 is 25.6 Å². The number of ether oxygens (including phenoxy) is 1. The molecular weight excluding hydrogens is 709 g/mol. The van der Waals surface area contributed by atoms with Gasteiger partial charge in [0.1, 0.15) is 0 Å². The molecule has 0 saturated heterocycles. The van der Waals surface area contributed by atoms with Crippen molar-refractivity contribution < 1.29 is 24.5 Å². The molecule has 0 radical (unpaired) electrons. The van der Waals surface area contributed by atoms with Crippen LogP contribution in [0.25, 0.3) is 0 Å². The van der Waals surface area contributed by atoms with Gasteiger partial charge in [0.2, 0.25) is 11.8 Å². The molecule has 57 heavy (non-hydrogen) atoms. The molecule has 0 aromatic heterocycles. The van der Waals surface area contributed by atoms with Crippen LogP contribution in [0.1, 0.15) is 143 Å². The molecule has 0 heterocycles. The summed E-state index contributed by atoms with van der Waals surface area (Å²) in [5, 5.41) is 27.9. The molecule has 7 nitrogen and oxygen atoms in total. The molecule has 0 spiro atoms. The summed E-state index contributed by atoms with van der Waals surface area (Å²) in [6.07, 6.45) is 42.7. The summed E-state index contributed by atoms with van der Waals surface area (Å²) in [4.78, 5) is 24.9. The van der Waals surface area contributed by atoms with Gasteiger partial charge in [-0.25, -0.2) is 0 Å². The fourth-order valence-electron chi connectivity index (χ4n) is 11.4. The highest BCUT2D eigenvalue weighted by molar-refractivity contribution is 5.76. The van der Waals surface area contributed by atoms with Crippen LogP contribution in [0.3, 0.4) is 0 Å². The van der Waals surface area contributed by atoms with Gasteiger partial charge in [0.25, 0.3) is 0 Å². The molecule has 4 fully saturated rings. The highest BCUT2D eigenvalue weighted by Crippen LogP contribution is 2.68. The van der Waals surface area contributed by atoms with Crippen molar-refractivity contribution in [1.29, 1.82) is 0 Å². The standard InChI is InChI=1S/C50H80N2O5/c1-5-6-7-8-9-10-11-12-13-14-15-16-17-18-19-20-21-22-23-24-46(55)51-33-35-57-36-34-52-47(56)28-25-39(2)42-26-27-43-48-44(30-32-50(42,43)4)49(3)31-29-41(53)37-40(49)38-45(48)54/h6-7,9-10,12-13,15-16,18-19,21-22,39-45,48,53-54H,5,8,11,14,17,20,23-38H2,1-4H3,(H,51,55)(H,52,56)/b7-6-,10-9-,13-12-,16-15-,19-18-,22-21-/t39-,40+,41-,42?,43+,44+,45-,48+,49+,50-/m1/s1. The lowest BCUT2D eigenvalue weighted by Gasteiger charge is -2.62. The minimum Gasteiger partial charge on any atom is -0.393 e. The summed E-state index contributed by atoms with van der Waals surface area (Å²) in [7, 11) is 0. The first-order valence-corrected chi connectivity index (χ1v) is 23.0. The topological polar surface area (TPSA) is 108 Å². The fraction of sp³-hybridized carbons (Fsp3) is 0.720. The van der Waals surface area contributed by atoms with Crippen LogP contribution in [0.5, 0.6) is 0 Å². The predicted molar refractivity (Wildman–Crippen MR) is 235 cm³/mol. The van der Waals surface area contributed by atoms with Crippen LogP contribution >= 0.6 is 0 Å². The molecule has 1 unspecified atom stereocenters. The molecule has 10 atom stereocenters. The van der Waals surface area contributed by atoms with E-state index in [1.165, 1.54) is 25.7 Å². The fourth-order valence-corrected chi connectivity index (χ4v) is 11.4. The van der Waals surface area contributed by atoms with E-state index in [2.05, 4.69) is 111 Å². The van der Waals surface area contributed by atoms with Gasteiger partial charge in [-0.2, -0.15) is 0 Å². The second-order valence-electron chi connectivity index (χ2n) is 18.2. The average molecular weight is 789 g/mol. The summed E-state index contributed by atoms with van der Waals surface area (Å²) in [6, 6.07) is 0. The van der Waals surface area contributed by atoms with Crippen LogP contribution in [0, 0.1) is 46.3 Å². The molecule has 0 aromatic carbocycles. The van der Waals surface area contributed by atoms with Crippen molar-refractivity contribution in [3.05, 3.63) is 72.9 Å². The van der Waals surface area contributed by atoms with Crippen LogP contribution in [0.15, 0.2) is 72.9 Å². The second kappa shape index (κ2) is 25.0. The smallest absolute Gasteiger partial charge is 0.220 e. The maximum absolute atomic E-state index is 12.7.